The summed E-state index contributed by atoms with van der Waals surface area (Å²) in [6.07, 6.45) is 55.6. The number of amides is 1. The van der Waals surface area contributed by atoms with Crippen LogP contribution < -0.4 is 5.32 Å². The first-order valence-corrected chi connectivity index (χ1v) is 24.8. The zero-order valence-corrected chi connectivity index (χ0v) is 37.8. The van der Waals surface area contributed by atoms with E-state index in [-0.39, 0.29) is 18.5 Å². The predicted molar refractivity (Wildman–Crippen MR) is 246 cm³/mol. The first kappa shape index (κ1) is 55.1. The van der Waals surface area contributed by atoms with Crippen LogP contribution in [0.15, 0.2) is 36.5 Å². The van der Waals surface area contributed by atoms with Crippen LogP contribution in [-0.4, -0.2) is 47.4 Å². The minimum atomic E-state index is -0.857. The average molecular weight is 802 g/mol. The van der Waals surface area contributed by atoms with E-state index in [2.05, 4.69) is 43.5 Å². The number of unbranched alkanes of at least 4 members (excludes halogenated alkanes) is 30. The van der Waals surface area contributed by atoms with Crippen LogP contribution >= 0.6 is 0 Å². The van der Waals surface area contributed by atoms with Gasteiger partial charge in [0.25, 0.3) is 0 Å². The molecule has 0 aliphatic rings. The normalized spacial score (nSPS) is 13.0. The second-order valence-electron chi connectivity index (χ2n) is 16.8. The SMILES string of the molecule is CCCCCC/C=C\C/C=C\CCCCCCCC(=O)OCCCCCCCCCCCCCC(=O)NC(CO)C(O)/C=C/CCCCCCCCCCCCC. The Balaban J connectivity index is 3.52. The Morgan fingerprint density at radius 1 is 0.491 bits per heavy atom. The molecule has 0 saturated heterocycles. The summed E-state index contributed by atoms with van der Waals surface area (Å²) >= 11 is 0. The van der Waals surface area contributed by atoms with Gasteiger partial charge in [0.15, 0.2) is 0 Å². The molecule has 334 valence electrons. The molecule has 0 spiro atoms. The Morgan fingerprint density at radius 2 is 0.877 bits per heavy atom. The maximum absolute atomic E-state index is 12.4. The van der Waals surface area contributed by atoms with E-state index in [4.69, 9.17) is 4.74 Å². The number of carbonyl (C=O) groups excluding carboxylic acids is 2. The zero-order valence-electron chi connectivity index (χ0n) is 37.8. The molecular formula is C51H95NO5. The van der Waals surface area contributed by atoms with Crippen molar-refractivity contribution in [2.75, 3.05) is 13.2 Å². The molecule has 0 radical (unpaired) electrons. The predicted octanol–water partition coefficient (Wildman–Crippen LogP) is 14.5. The number of aliphatic hydroxyl groups is 2. The molecular weight excluding hydrogens is 707 g/mol. The molecule has 2 atom stereocenters. The van der Waals surface area contributed by atoms with E-state index in [9.17, 15) is 19.8 Å². The number of nitrogens with one attached hydrogen (secondary N) is 1. The summed E-state index contributed by atoms with van der Waals surface area (Å²) in [4.78, 5) is 24.4. The third kappa shape index (κ3) is 43.5. The first-order valence-electron chi connectivity index (χ1n) is 24.8. The molecule has 0 aromatic rings. The van der Waals surface area contributed by atoms with Gasteiger partial charge in [-0.25, -0.2) is 0 Å². The van der Waals surface area contributed by atoms with Gasteiger partial charge in [-0.2, -0.15) is 0 Å². The van der Waals surface area contributed by atoms with Gasteiger partial charge in [0.2, 0.25) is 5.91 Å². The van der Waals surface area contributed by atoms with Gasteiger partial charge in [0.05, 0.1) is 25.4 Å². The lowest BCUT2D eigenvalue weighted by Crippen LogP contribution is -2.45. The highest BCUT2D eigenvalue weighted by atomic mass is 16.5. The van der Waals surface area contributed by atoms with E-state index < -0.39 is 12.1 Å². The van der Waals surface area contributed by atoms with Crippen molar-refractivity contribution < 1.29 is 24.5 Å². The number of allylic oxidation sites excluding steroid dienone is 5. The van der Waals surface area contributed by atoms with Crippen molar-refractivity contribution in [3.8, 4) is 0 Å². The molecule has 2 unspecified atom stereocenters. The van der Waals surface area contributed by atoms with Gasteiger partial charge in [0.1, 0.15) is 0 Å². The molecule has 0 heterocycles. The lowest BCUT2D eigenvalue weighted by atomic mass is 10.0. The van der Waals surface area contributed by atoms with Crippen molar-refractivity contribution >= 4 is 11.9 Å². The highest BCUT2D eigenvalue weighted by Gasteiger charge is 2.18. The van der Waals surface area contributed by atoms with Gasteiger partial charge in [0, 0.05) is 12.8 Å². The van der Waals surface area contributed by atoms with Crippen LogP contribution in [-0.2, 0) is 14.3 Å². The lowest BCUT2D eigenvalue weighted by Gasteiger charge is -2.20. The Morgan fingerprint density at radius 3 is 1.35 bits per heavy atom. The summed E-state index contributed by atoms with van der Waals surface area (Å²) < 4.78 is 5.45. The molecule has 3 N–H and O–H groups in total. The summed E-state index contributed by atoms with van der Waals surface area (Å²) in [6, 6.07) is -0.642. The van der Waals surface area contributed by atoms with Gasteiger partial charge >= 0.3 is 5.97 Å². The molecule has 0 rings (SSSR count). The van der Waals surface area contributed by atoms with Crippen LogP contribution in [0.4, 0.5) is 0 Å². The molecule has 6 nitrogen and oxygen atoms in total. The van der Waals surface area contributed by atoms with Crippen LogP contribution in [0.2, 0.25) is 0 Å². The summed E-state index contributed by atoms with van der Waals surface area (Å²) in [5.74, 6) is -0.119. The van der Waals surface area contributed by atoms with E-state index >= 15 is 0 Å². The lowest BCUT2D eigenvalue weighted by molar-refractivity contribution is -0.143. The second kappa shape index (κ2) is 46.8. The van der Waals surface area contributed by atoms with Crippen LogP contribution in [0, 0.1) is 0 Å². The first-order chi connectivity index (χ1) is 28.0. The third-order valence-electron chi connectivity index (χ3n) is 11.2. The minimum Gasteiger partial charge on any atom is -0.466 e. The summed E-state index contributed by atoms with van der Waals surface area (Å²) in [6.45, 7) is 4.82. The Bertz CT molecular complexity index is 931. The summed E-state index contributed by atoms with van der Waals surface area (Å²) in [5, 5.41) is 23.0. The summed E-state index contributed by atoms with van der Waals surface area (Å²) in [7, 11) is 0. The third-order valence-corrected chi connectivity index (χ3v) is 11.2. The highest BCUT2D eigenvalue weighted by Crippen LogP contribution is 2.15. The van der Waals surface area contributed by atoms with E-state index in [1.807, 2.05) is 6.08 Å². The highest BCUT2D eigenvalue weighted by molar-refractivity contribution is 5.76. The van der Waals surface area contributed by atoms with Crippen molar-refractivity contribution in [1.29, 1.82) is 0 Å². The van der Waals surface area contributed by atoms with E-state index in [1.54, 1.807) is 6.08 Å². The fourth-order valence-electron chi connectivity index (χ4n) is 7.31. The van der Waals surface area contributed by atoms with Gasteiger partial charge in [-0.1, -0.05) is 211 Å². The average Bonchev–Trinajstić information content (AvgIpc) is 3.21. The van der Waals surface area contributed by atoms with Gasteiger partial charge in [-0.15, -0.1) is 0 Å². The number of carbonyl (C=O) groups is 2. The molecule has 0 aromatic carbocycles. The number of hydrogen-bond donors (Lipinski definition) is 3. The smallest absolute Gasteiger partial charge is 0.305 e. The largest absolute Gasteiger partial charge is 0.466 e. The molecule has 0 saturated carbocycles. The molecule has 6 heteroatoms. The van der Waals surface area contributed by atoms with Crippen molar-refractivity contribution in [3.05, 3.63) is 36.5 Å². The Hall–Kier alpha value is -1.92. The molecule has 0 aromatic heterocycles. The van der Waals surface area contributed by atoms with Crippen molar-refractivity contribution in [3.63, 3.8) is 0 Å². The fourth-order valence-corrected chi connectivity index (χ4v) is 7.31. The maximum Gasteiger partial charge on any atom is 0.305 e. The Labute approximate surface area is 353 Å². The number of ether oxygens (including phenoxy) is 1. The number of hydrogen-bond acceptors (Lipinski definition) is 5. The molecule has 57 heavy (non-hydrogen) atoms. The van der Waals surface area contributed by atoms with Gasteiger partial charge in [-0.3, -0.25) is 9.59 Å². The van der Waals surface area contributed by atoms with Crippen molar-refractivity contribution in [2.45, 2.75) is 264 Å². The van der Waals surface area contributed by atoms with Crippen LogP contribution in [0.3, 0.4) is 0 Å². The van der Waals surface area contributed by atoms with Gasteiger partial charge in [-0.05, 0) is 64.2 Å². The van der Waals surface area contributed by atoms with E-state index in [1.165, 1.54) is 154 Å². The maximum atomic E-state index is 12.4. The number of aliphatic hydroxyl groups excluding tert-OH is 2. The standard InChI is InChI=1S/C51H95NO5/c1-3-5-7-9-11-13-15-17-18-19-21-25-29-33-37-41-45-51(56)57-46-42-38-34-30-26-22-24-28-32-36-40-44-50(55)52-48(47-53)49(54)43-39-35-31-27-23-20-16-14-12-10-8-6-4-2/h13,15,18-19,39,43,48-49,53-54H,3-12,14,16-17,20-38,40-42,44-47H2,1-2H3,(H,52,55)/b15-13-,19-18-,43-39+. The fraction of sp³-hybridized carbons (Fsp3) is 0.843. The van der Waals surface area contributed by atoms with E-state index in [0.717, 1.165) is 70.6 Å². The topological polar surface area (TPSA) is 95.9 Å². The van der Waals surface area contributed by atoms with Crippen LogP contribution in [0.1, 0.15) is 251 Å². The quantitative estimate of drug-likeness (QED) is 0.0324. The zero-order chi connectivity index (χ0) is 41.5. The monoisotopic (exact) mass is 802 g/mol. The molecule has 0 aliphatic carbocycles. The van der Waals surface area contributed by atoms with Crippen LogP contribution in [0.25, 0.3) is 0 Å². The molecule has 1 amide bonds. The van der Waals surface area contributed by atoms with Gasteiger partial charge < -0.3 is 20.3 Å². The van der Waals surface area contributed by atoms with E-state index in [0.29, 0.717) is 19.4 Å². The van der Waals surface area contributed by atoms with Crippen molar-refractivity contribution in [2.24, 2.45) is 0 Å². The minimum absolute atomic E-state index is 0.0297. The number of rotatable bonds is 45. The number of esters is 1. The molecule has 0 aliphatic heterocycles. The second-order valence-corrected chi connectivity index (χ2v) is 16.8. The Kier molecular flexibility index (Phi) is 45.2. The summed E-state index contributed by atoms with van der Waals surface area (Å²) in [5.41, 5.74) is 0. The van der Waals surface area contributed by atoms with Crippen molar-refractivity contribution in [1.82, 2.24) is 5.32 Å². The molecule has 0 bridgehead atoms. The molecule has 0 fully saturated rings. The van der Waals surface area contributed by atoms with Crippen LogP contribution in [0.5, 0.6) is 0 Å².